The molecule has 2 saturated carbocycles. The molecule has 3 aliphatic heterocycles. The van der Waals surface area contributed by atoms with Gasteiger partial charge in [0.15, 0.2) is 5.82 Å². The Kier molecular flexibility index (Phi) is 6.50. The molecule has 10 heteroatoms. The van der Waals surface area contributed by atoms with Crippen LogP contribution >= 0.6 is 0 Å². The fourth-order valence-electron chi connectivity index (χ4n) is 8.20. The van der Waals surface area contributed by atoms with Gasteiger partial charge in [0, 0.05) is 55.6 Å². The third kappa shape index (κ3) is 4.96. The molecule has 9 rings (SSSR count). The molecule has 8 nitrogen and oxygen atoms in total. The summed E-state index contributed by atoms with van der Waals surface area (Å²) in [5, 5.41) is 15.9. The number of ether oxygens (including phenoxy) is 2. The fraction of sp³-hybridized carbons (Fsp3) is 0.500. The van der Waals surface area contributed by atoms with Gasteiger partial charge >= 0.3 is 6.01 Å². The van der Waals surface area contributed by atoms with E-state index >= 15 is 8.78 Å². The number of nitrogens with one attached hydrogen (secondary N) is 1. The summed E-state index contributed by atoms with van der Waals surface area (Å²) >= 11 is 0. The molecule has 2 atom stereocenters. The Balaban J connectivity index is 1.11. The molecule has 5 aliphatic rings. The molecule has 2 N–H and O–H groups in total. The number of hydrogen-bond donors (Lipinski definition) is 2. The van der Waals surface area contributed by atoms with Gasteiger partial charge in [0.2, 0.25) is 0 Å². The summed E-state index contributed by atoms with van der Waals surface area (Å²) in [6, 6.07) is 10.7. The summed E-state index contributed by atoms with van der Waals surface area (Å²) in [4.78, 5) is 14.1. The highest BCUT2D eigenvalue weighted by molar-refractivity contribution is 6.03. The van der Waals surface area contributed by atoms with Crippen molar-refractivity contribution < 1.29 is 23.4 Å². The van der Waals surface area contributed by atoms with Crippen LogP contribution in [0.4, 0.5) is 14.6 Å². The summed E-state index contributed by atoms with van der Waals surface area (Å²) in [6.45, 7) is 7.35. The summed E-state index contributed by atoms with van der Waals surface area (Å²) in [5.74, 6) is -1.04. The number of piperazine rings is 1. The molecule has 3 aromatic carbocycles. The van der Waals surface area contributed by atoms with E-state index in [9.17, 15) is 5.11 Å². The van der Waals surface area contributed by atoms with E-state index in [0.717, 1.165) is 70.3 Å². The fourth-order valence-corrected chi connectivity index (χ4v) is 8.20. The summed E-state index contributed by atoms with van der Waals surface area (Å²) in [6.07, 6.45) is 6.53. The van der Waals surface area contributed by atoms with E-state index < -0.39 is 11.6 Å². The van der Waals surface area contributed by atoms with Crippen LogP contribution in [0.3, 0.4) is 0 Å². The second-order valence-electron chi connectivity index (χ2n) is 14.5. The molecule has 0 radical (unpaired) electrons. The molecule has 2 unspecified atom stereocenters. The Labute approximate surface area is 266 Å². The number of benzene rings is 3. The number of rotatable bonds is 7. The van der Waals surface area contributed by atoms with Crippen molar-refractivity contribution in [3.05, 3.63) is 53.6 Å². The van der Waals surface area contributed by atoms with E-state index in [1.165, 1.54) is 12.1 Å². The molecule has 4 heterocycles. The quantitative estimate of drug-likeness (QED) is 0.270. The first-order valence-corrected chi connectivity index (χ1v) is 16.7. The van der Waals surface area contributed by atoms with Crippen LogP contribution in [0.1, 0.15) is 44.1 Å². The van der Waals surface area contributed by atoms with Crippen LogP contribution in [0, 0.1) is 24.0 Å². The normalized spacial score (nSPS) is 24.6. The lowest BCUT2D eigenvalue weighted by atomic mass is 9.93. The maximum atomic E-state index is 16.9. The molecule has 4 aromatic rings. The highest BCUT2D eigenvalue weighted by Gasteiger charge is 2.51. The SMILES string of the molecule is Cc1cccc2cc(O)cc(-c3c(F)cc4c(N5CC6CCC(C5)N6)nc(OCC5(CN6CCOC7(CC7)C6)CC5)nc4c3F)c12. The van der Waals surface area contributed by atoms with Crippen molar-refractivity contribution in [3.8, 4) is 22.9 Å². The van der Waals surface area contributed by atoms with Crippen LogP contribution in [0.15, 0.2) is 36.4 Å². The zero-order valence-electron chi connectivity index (χ0n) is 26.1. The first kappa shape index (κ1) is 28.6. The van der Waals surface area contributed by atoms with Crippen LogP contribution < -0.4 is 15.0 Å². The number of anilines is 1. The van der Waals surface area contributed by atoms with Gasteiger partial charge in [-0.05, 0) is 85.5 Å². The number of fused-ring (bicyclic) bond motifs is 4. The largest absolute Gasteiger partial charge is 0.508 e. The van der Waals surface area contributed by atoms with Crippen molar-refractivity contribution in [3.63, 3.8) is 0 Å². The summed E-state index contributed by atoms with van der Waals surface area (Å²) < 4.78 is 45.5. The average molecular weight is 628 g/mol. The Morgan fingerprint density at radius 2 is 1.87 bits per heavy atom. The van der Waals surface area contributed by atoms with Crippen LogP contribution in [-0.4, -0.2) is 83.6 Å². The minimum absolute atomic E-state index is 0.0184. The van der Waals surface area contributed by atoms with Gasteiger partial charge in [-0.25, -0.2) is 8.78 Å². The zero-order chi connectivity index (χ0) is 31.2. The maximum Gasteiger partial charge on any atom is 0.319 e. The Hall–Kier alpha value is -3.60. The lowest BCUT2D eigenvalue weighted by Crippen LogP contribution is -2.51. The molecule has 240 valence electrons. The van der Waals surface area contributed by atoms with E-state index in [1.54, 1.807) is 6.07 Å². The summed E-state index contributed by atoms with van der Waals surface area (Å²) in [5.41, 5.74) is 1.06. The molecule has 2 bridgehead atoms. The van der Waals surface area contributed by atoms with E-state index in [0.29, 0.717) is 59.3 Å². The molecule has 3 saturated heterocycles. The van der Waals surface area contributed by atoms with E-state index in [1.807, 2.05) is 25.1 Å². The van der Waals surface area contributed by atoms with Crippen LogP contribution in [-0.2, 0) is 4.74 Å². The Morgan fingerprint density at radius 1 is 1.07 bits per heavy atom. The number of morpholine rings is 1. The molecule has 46 heavy (non-hydrogen) atoms. The van der Waals surface area contributed by atoms with E-state index in [4.69, 9.17) is 14.5 Å². The standard InChI is InChI=1S/C36H39F2N5O3/c1-21-3-2-4-22-13-25(44)14-26(29(21)22)30-28(37)15-27-32(31(30)38)40-34(41-33(27)43-16-23-5-6-24(17-43)39-23)45-20-35(7-8-35)18-42-11-12-46-36(19-42)9-10-36/h2-4,13-15,23-24,39,44H,5-12,16-20H2,1H3. The summed E-state index contributed by atoms with van der Waals surface area (Å²) in [7, 11) is 0. The second kappa shape index (κ2) is 10.5. The van der Waals surface area contributed by atoms with Crippen molar-refractivity contribution >= 4 is 27.5 Å². The van der Waals surface area contributed by atoms with Gasteiger partial charge in [-0.3, -0.25) is 4.90 Å². The van der Waals surface area contributed by atoms with Crippen molar-refractivity contribution in [1.29, 1.82) is 0 Å². The molecule has 0 amide bonds. The number of aryl methyl sites for hydroxylation is 1. The average Bonchev–Trinajstić information content (AvgIpc) is 3.95. The van der Waals surface area contributed by atoms with E-state index in [-0.39, 0.29) is 33.9 Å². The lowest BCUT2D eigenvalue weighted by Gasteiger charge is -2.35. The van der Waals surface area contributed by atoms with Crippen molar-refractivity contribution in [2.45, 2.75) is 63.1 Å². The van der Waals surface area contributed by atoms with E-state index in [2.05, 4.69) is 20.1 Å². The minimum atomic E-state index is -0.777. The predicted octanol–water partition coefficient (Wildman–Crippen LogP) is 5.71. The molecule has 1 spiro atoms. The third-order valence-corrected chi connectivity index (χ3v) is 11.0. The van der Waals surface area contributed by atoms with Crippen LogP contribution in [0.2, 0.25) is 0 Å². The number of aromatic nitrogens is 2. The van der Waals surface area contributed by atoms with Gasteiger partial charge in [-0.15, -0.1) is 0 Å². The van der Waals surface area contributed by atoms with Crippen molar-refractivity contribution in [2.24, 2.45) is 5.41 Å². The Morgan fingerprint density at radius 3 is 2.63 bits per heavy atom. The van der Waals surface area contributed by atoms with Gasteiger partial charge in [0.1, 0.15) is 22.9 Å². The van der Waals surface area contributed by atoms with Crippen molar-refractivity contribution in [2.75, 3.05) is 50.8 Å². The predicted molar refractivity (Wildman–Crippen MR) is 172 cm³/mol. The highest BCUT2D eigenvalue weighted by Crippen LogP contribution is 2.49. The number of nitrogens with zero attached hydrogens (tertiary/aromatic N) is 4. The van der Waals surface area contributed by atoms with Crippen LogP contribution in [0.25, 0.3) is 32.8 Å². The van der Waals surface area contributed by atoms with Gasteiger partial charge in [0.25, 0.3) is 0 Å². The monoisotopic (exact) mass is 627 g/mol. The smallest absolute Gasteiger partial charge is 0.319 e. The third-order valence-electron chi connectivity index (χ3n) is 11.0. The van der Waals surface area contributed by atoms with Gasteiger partial charge in [0.05, 0.1) is 24.4 Å². The molecule has 1 aromatic heterocycles. The molecule has 5 fully saturated rings. The Bertz CT molecular complexity index is 1860. The number of phenolic OH excluding ortho intramolecular Hbond substituents is 1. The minimum Gasteiger partial charge on any atom is -0.508 e. The number of halogens is 2. The van der Waals surface area contributed by atoms with Crippen molar-refractivity contribution in [1.82, 2.24) is 20.2 Å². The molecular weight excluding hydrogens is 588 g/mol. The lowest BCUT2D eigenvalue weighted by molar-refractivity contribution is -0.0532. The van der Waals surface area contributed by atoms with Gasteiger partial charge in [-0.1, -0.05) is 18.2 Å². The number of aromatic hydroxyl groups is 1. The maximum absolute atomic E-state index is 16.9. The second-order valence-corrected chi connectivity index (χ2v) is 14.5. The topological polar surface area (TPSA) is 83.0 Å². The van der Waals surface area contributed by atoms with Gasteiger partial charge in [-0.2, -0.15) is 9.97 Å². The number of hydrogen-bond acceptors (Lipinski definition) is 8. The van der Waals surface area contributed by atoms with Gasteiger partial charge < -0.3 is 24.8 Å². The molecular formula is C36H39F2N5O3. The number of phenols is 1. The molecule has 2 aliphatic carbocycles. The highest BCUT2D eigenvalue weighted by atomic mass is 19.1. The van der Waals surface area contributed by atoms with Crippen LogP contribution in [0.5, 0.6) is 11.8 Å². The first-order chi connectivity index (χ1) is 22.3. The zero-order valence-corrected chi connectivity index (χ0v) is 26.1. The first-order valence-electron chi connectivity index (χ1n) is 16.7.